The molecule has 1 unspecified atom stereocenters. The summed E-state index contributed by atoms with van der Waals surface area (Å²) in [7, 11) is 0. The molecule has 1 nitrogen and oxygen atoms in total. The van der Waals surface area contributed by atoms with Gasteiger partial charge >= 0.3 is 0 Å². The SMILES string of the molecule is Cc1ccccc1CC1(O)CCc2cc(F)ccc21. The number of aliphatic hydroxyl groups is 1. The summed E-state index contributed by atoms with van der Waals surface area (Å²) < 4.78 is 13.2. The zero-order valence-corrected chi connectivity index (χ0v) is 11.0. The van der Waals surface area contributed by atoms with Gasteiger partial charge in [0.2, 0.25) is 0 Å². The molecule has 0 aliphatic heterocycles. The highest BCUT2D eigenvalue weighted by molar-refractivity contribution is 5.40. The Labute approximate surface area is 112 Å². The Kier molecular flexibility index (Phi) is 2.90. The van der Waals surface area contributed by atoms with Crippen LogP contribution < -0.4 is 0 Å². The van der Waals surface area contributed by atoms with E-state index in [1.165, 1.54) is 11.6 Å². The Morgan fingerprint density at radius 2 is 2.00 bits per heavy atom. The highest BCUT2D eigenvalue weighted by Crippen LogP contribution is 2.39. The second-order valence-corrected chi connectivity index (χ2v) is 5.44. The van der Waals surface area contributed by atoms with Gasteiger partial charge in [-0.25, -0.2) is 4.39 Å². The molecule has 98 valence electrons. The van der Waals surface area contributed by atoms with Gasteiger partial charge in [-0.1, -0.05) is 30.3 Å². The Balaban J connectivity index is 1.97. The van der Waals surface area contributed by atoms with E-state index in [4.69, 9.17) is 0 Å². The zero-order chi connectivity index (χ0) is 13.5. The minimum absolute atomic E-state index is 0.223. The van der Waals surface area contributed by atoms with Crippen LogP contribution in [0.1, 0.15) is 28.7 Å². The van der Waals surface area contributed by atoms with Crippen molar-refractivity contribution in [1.29, 1.82) is 0 Å². The highest BCUT2D eigenvalue weighted by atomic mass is 19.1. The second kappa shape index (κ2) is 4.46. The van der Waals surface area contributed by atoms with Crippen LogP contribution in [-0.4, -0.2) is 5.11 Å². The van der Waals surface area contributed by atoms with Crippen LogP contribution in [0.4, 0.5) is 4.39 Å². The predicted molar refractivity (Wildman–Crippen MR) is 73.5 cm³/mol. The first-order valence-electron chi connectivity index (χ1n) is 6.64. The molecule has 1 N–H and O–H groups in total. The topological polar surface area (TPSA) is 20.2 Å². The van der Waals surface area contributed by atoms with E-state index in [2.05, 4.69) is 19.1 Å². The van der Waals surface area contributed by atoms with Crippen LogP contribution in [-0.2, 0) is 18.4 Å². The molecule has 1 atom stereocenters. The lowest BCUT2D eigenvalue weighted by Crippen LogP contribution is -2.25. The fourth-order valence-corrected chi connectivity index (χ4v) is 3.01. The van der Waals surface area contributed by atoms with E-state index in [-0.39, 0.29) is 5.82 Å². The Hall–Kier alpha value is -1.67. The lowest BCUT2D eigenvalue weighted by molar-refractivity contribution is 0.0388. The first kappa shape index (κ1) is 12.4. The molecule has 0 bridgehead atoms. The minimum Gasteiger partial charge on any atom is -0.385 e. The summed E-state index contributed by atoms with van der Waals surface area (Å²) in [5.41, 5.74) is 3.32. The van der Waals surface area contributed by atoms with Gasteiger partial charge in [-0.3, -0.25) is 0 Å². The third-order valence-corrected chi connectivity index (χ3v) is 4.12. The van der Waals surface area contributed by atoms with E-state index >= 15 is 0 Å². The Morgan fingerprint density at radius 1 is 1.21 bits per heavy atom. The zero-order valence-electron chi connectivity index (χ0n) is 11.0. The van der Waals surface area contributed by atoms with Crippen LogP contribution in [0.25, 0.3) is 0 Å². The monoisotopic (exact) mass is 256 g/mol. The molecule has 0 amide bonds. The van der Waals surface area contributed by atoms with Crippen molar-refractivity contribution < 1.29 is 9.50 Å². The van der Waals surface area contributed by atoms with Crippen LogP contribution >= 0.6 is 0 Å². The van der Waals surface area contributed by atoms with Gasteiger partial charge in [-0.15, -0.1) is 0 Å². The summed E-state index contributed by atoms with van der Waals surface area (Å²) in [6.45, 7) is 2.05. The fourth-order valence-electron chi connectivity index (χ4n) is 3.01. The third-order valence-electron chi connectivity index (χ3n) is 4.12. The number of hydrogen-bond acceptors (Lipinski definition) is 1. The molecule has 2 heteroatoms. The molecule has 3 rings (SSSR count). The number of aryl methyl sites for hydroxylation is 2. The highest BCUT2D eigenvalue weighted by Gasteiger charge is 2.37. The maximum Gasteiger partial charge on any atom is 0.123 e. The number of hydrogen-bond donors (Lipinski definition) is 1. The molecule has 0 saturated heterocycles. The molecule has 0 fully saturated rings. The first-order chi connectivity index (χ1) is 9.08. The molecular weight excluding hydrogens is 239 g/mol. The van der Waals surface area contributed by atoms with Crippen LogP contribution in [0.15, 0.2) is 42.5 Å². The standard InChI is InChI=1S/C17H17FO/c1-12-4-2-3-5-14(12)11-17(19)9-8-13-10-15(18)6-7-16(13)17/h2-7,10,19H,8-9,11H2,1H3. The summed E-state index contributed by atoms with van der Waals surface area (Å²) >= 11 is 0. The van der Waals surface area contributed by atoms with Gasteiger partial charge < -0.3 is 5.11 Å². The smallest absolute Gasteiger partial charge is 0.123 e. The van der Waals surface area contributed by atoms with Crippen molar-refractivity contribution in [1.82, 2.24) is 0 Å². The molecule has 2 aromatic rings. The Bertz CT molecular complexity index is 620. The van der Waals surface area contributed by atoms with Crippen molar-refractivity contribution >= 4 is 0 Å². The maximum atomic E-state index is 13.2. The van der Waals surface area contributed by atoms with E-state index in [0.717, 1.165) is 23.1 Å². The lowest BCUT2D eigenvalue weighted by Gasteiger charge is -2.25. The second-order valence-electron chi connectivity index (χ2n) is 5.44. The third kappa shape index (κ3) is 2.17. The van der Waals surface area contributed by atoms with Gasteiger partial charge in [0, 0.05) is 6.42 Å². The van der Waals surface area contributed by atoms with E-state index in [0.29, 0.717) is 12.8 Å². The van der Waals surface area contributed by atoms with Crippen LogP contribution in [0.5, 0.6) is 0 Å². The molecule has 0 heterocycles. The molecule has 1 aliphatic rings. The van der Waals surface area contributed by atoms with Crippen LogP contribution in [0, 0.1) is 12.7 Å². The van der Waals surface area contributed by atoms with E-state index in [1.54, 1.807) is 12.1 Å². The first-order valence-corrected chi connectivity index (χ1v) is 6.64. The van der Waals surface area contributed by atoms with Crippen molar-refractivity contribution in [2.45, 2.75) is 31.8 Å². The van der Waals surface area contributed by atoms with E-state index in [1.807, 2.05) is 12.1 Å². The van der Waals surface area contributed by atoms with Crippen LogP contribution in [0.2, 0.25) is 0 Å². The average Bonchev–Trinajstić information content (AvgIpc) is 2.70. The molecular formula is C17H17FO. The molecule has 1 aliphatic carbocycles. The molecule has 0 saturated carbocycles. The molecule has 0 aromatic heterocycles. The largest absolute Gasteiger partial charge is 0.385 e. The van der Waals surface area contributed by atoms with Gasteiger partial charge in [0.05, 0.1) is 5.60 Å². The normalized spacial score (nSPS) is 21.4. The summed E-state index contributed by atoms with van der Waals surface area (Å²) in [5, 5.41) is 10.9. The summed E-state index contributed by atoms with van der Waals surface area (Å²) in [4.78, 5) is 0. The van der Waals surface area contributed by atoms with Crippen LogP contribution in [0.3, 0.4) is 0 Å². The van der Waals surface area contributed by atoms with Gasteiger partial charge in [-0.05, 0) is 54.2 Å². The van der Waals surface area contributed by atoms with E-state index in [9.17, 15) is 9.50 Å². The number of halogens is 1. The summed E-state index contributed by atoms with van der Waals surface area (Å²) in [6.07, 6.45) is 2.01. The van der Waals surface area contributed by atoms with E-state index < -0.39 is 5.60 Å². The molecule has 0 radical (unpaired) electrons. The minimum atomic E-state index is -0.852. The van der Waals surface area contributed by atoms with Crippen molar-refractivity contribution in [3.63, 3.8) is 0 Å². The fraction of sp³-hybridized carbons (Fsp3) is 0.294. The molecule has 2 aromatic carbocycles. The Morgan fingerprint density at radius 3 is 2.79 bits per heavy atom. The lowest BCUT2D eigenvalue weighted by atomic mass is 9.87. The van der Waals surface area contributed by atoms with Crippen molar-refractivity contribution in [2.24, 2.45) is 0 Å². The number of benzene rings is 2. The average molecular weight is 256 g/mol. The van der Waals surface area contributed by atoms with Gasteiger partial charge in [0.25, 0.3) is 0 Å². The molecule has 0 spiro atoms. The quantitative estimate of drug-likeness (QED) is 0.871. The summed E-state index contributed by atoms with van der Waals surface area (Å²) in [6, 6.07) is 12.8. The van der Waals surface area contributed by atoms with Crippen molar-refractivity contribution in [2.75, 3.05) is 0 Å². The molecule has 19 heavy (non-hydrogen) atoms. The number of rotatable bonds is 2. The maximum absolute atomic E-state index is 13.2. The van der Waals surface area contributed by atoms with Crippen molar-refractivity contribution in [3.8, 4) is 0 Å². The summed E-state index contributed by atoms with van der Waals surface area (Å²) in [5.74, 6) is -0.223. The predicted octanol–water partition coefficient (Wildman–Crippen LogP) is 3.51. The van der Waals surface area contributed by atoms with Crippen molar-refractivity contribution in [3.05, 3.63) is 70.5 Å². The van der Waals surface area contributed by atoms with Gasteiger partial charge in [0.15, 0.2) is 0 Å². The number of fused-ring (bicyclic) bond motifs is 1. The van der Waals surface area contributed by atoms with Gasteiger partial charge in [0.1, 0.15) is 5.82 Å². The van der Waals surface area contributed by atoms with Gasteiger partial charge in [-0.2, -0.15) is 0 Å².